The van der Waals surface area contributed by atoms with Crippen molar-refractivity contribution in [1.29, 1.82) is 0 Å². The van der Waals surface area contributed by atoms with E-state index in [0.717, 1.165) is 18.6 Å². The highest BCUT2D eigenvalue weighted by molar-refractivity contribution is 5.48. The minimum Gasteiger partial charge on any atom is -0.385 e. The molecule has 0 aliphatic rings. The van der Waals surface area contributed by atoms with E-state index >= 15 is 0 Å². The number of methoxy groups -OCH3 is 1. The van der Waals surface area contributed by atoms with Gasteiger partial charge in [0.05, 0.1) is 17.9 Å². The number of halogens is 4. The van der Waals surface area contributed by atoms with Gasteiger partial charge in [-0.25, -0.2) is 4.39 Å². The van der Waals surface area contributed by atoms with E-state index in [1.54, 1.807) is 7.11 Å². The first-order chi connectivity index (χ1) is 9.45. The van der Waals surface area contributed by atoms with Crippen molar-refractivity contribution in [2.24, 2.45) is 0 Å². The van der Waals surface area contributed by atoms with Gasteiger partial charge in [0.2, 0.25) is 0 Å². The molecule has 1 N–H and O–H groups in total. The van der Waals surface area contributed by atoms with Gasteiger partial charge in [0, 0.05) is 26.9 Å². The van der Waals surface area contributed by atoms with Gasteiger partial charge in [0.1, 0.15) is 5.82 Å². The van der Waals surface area contributed by atoms with E-state index < -0.39 is 17.6 Å². The third-order valence-electron chi connectivity index (χ3n) is 2.49. The summed E-state index contributed by atoms with van der Waals surface area (Å²) in [5.41, 5.74) is -1.07. The summed E-state index contributed by atoms with van der Waals surface area (Å²) in [5.74, 6) is -0.725. The van der Waals surface area contributed by atoms with Crippen LogP contribution in [-0.4, -0.2) is 33.5 Å². The smallest absolute Gasteiger partial charge is 0.385 e. The highest BCUT2D eigenvalue weighted by atomic mass is 19.4. The molecule has 0 heterocycles. The molecule has 0 amide bonds. The molecule has 0 fully saturated rings. The summed E-state index contributed by atoms with van der Waals surface area (Å²) in [6, 6.07) is 2.26. The maximum atomic E-state index is 13.3. The summed E-state index contributed by atoms with van der Waals surface area (Å²) in [5, 5.41) is 2.59. The Labute approximate surface area is 114 Å². The number of anilines is 1. The van der Waals surface area contributed by atoms with E-state index in [2.05, 4.69) is 5.32 Å². The fourth-order valence-corrected chi connectivity index (χ4v) is 1.50. The largest absolute Gasteiger partial charge is 0.416 e. The monoisotopic (exact) mass is 295 g/mol. The lowest BCUT2D eigenvalue weighted by Crippen LogP contribution is -2.13. The van der Waals surface area contributed by atoms with E-state index in [1.807, 2.05) is 0 Å². The summed E-state index contributed by atoms with van der Waals surface area (Å²) in [6.07, 6.45) is -3.75. The second kappa shape index (κ2) is 8.06. The van der Waals surface area contributed by atoms with Crippen molar-refractivity contribution in [3.63, 3.8) is 0 Å². The normalized spacial score (nSPS) is 11.7. The van der Waals surface area contributed by atoms with E-state index in [9.17, 15) is 17.6 Å². The highest BCUT2D eigenvalue weighted by Crippen LogP contribution is 2.31. The van der Waals surface area contributed by atoms with E-state index in [1.165, 1.54) is 0 Å². The van der Waals surface area contributed by atoms with Crippen LogP contribution >= 0.6 is 0 Å². The lowest BCUT2D eigenvalue weighted by Gasteiger charge is -2.12. The van der Waals surface area contributed by atoms with Crippen LogP contribution in [0.15, 0.2) is 18.2 Å². The van der Waals surface area contributed by atoms with E-state index in [0.29, 0.717) is 19.3 Å². The predicted octanol–water partition coefficient (Wildman–Crippen LogP) is 3.31. The van der Waals surface area contributed by atoms with Gasteiger partial charge in [-0.3, -0.25) is 0 Å². The second-order valence-corrected chi connectivity index (χ2v) is 4.08. The second-order valence-electron chi connectivity index (χ2n) is 4.08. The van der Waals surface area contributed by atoms with Gasteiger partial charge in [0.25, 0.3) is 0 Å². The summed E-state index contributed by atoms with van der Waals surface area (Å²) in [6.45, 7) is 1.57. The molecule has 7 heteroatoms. The van der Waals surface area contributed by atoms with Crippen LogP contribution in [0.2, 0.25) is 0 Å². The number of alkyl halides is 3. The van der Waals surface area contributed by atoms with Crippen molar-refractivity contribution >= 4 is 5.69 Å². The first-order valence-corrected chi connectivity index (χ1v) is 6.12. The topological polar surface area (TPSA) is 30.5 Å². The van der Waals surface area contributed by atoms with Crippen LogP contribution in [0.5, 0.6) is 0 Å². The molecular weight excluding hydrogens is 278 g/mol. The minimum atomic E-state index is -4.49. The molecule has 1 rings (SSSR count). The van der Waals surface area contributed by atoms with Gasteiger partial charge >= 0.3 is 6.18 Å². The Morgan fingerprint density at radius 1 is 1.15 bits per heavy atom. The molecule has 20 heavy (non-hydrogen) atoms. The Hall–Kier alpha value is -1.34. The average Bonchev–Trinajstić information content (AvgIpc) is 2.38. The number of nitrogens with one attached hydrogen (secondary N) is 1. The van der Waals surface area contributed by atoms with Crippen LogP contribution in [0.25, 0.3) is 0 Å². The van der Waals surface area contributed by atoms with Crippen LogP contribution in [0.1, 0.15) is 12.0 Å². The van der Waals surface area contributed by atoms with Crippen molar-refractivity contribution in [2.75, 3.05) is 38.8 Å². The van der Waals surface area contributed by atoms with Gasteiger partial charge in [-0.15, -0.1) is 0 Å². The fourth-order valence-electron chi connectivity index (χ4n) is 1.50. The zero-order valence-corrected chi connectivity index (χ0v) is 11.1. The number of benzene rings is 1. The van der Waals surface area contributed by atoms with Gasteiger partial charge in [-0.05, 0) is 24.6 Å². The highest BCUT2D eigenvalue weighted by Gasteiger charge is 2.31. The Morgan fingerprint density at radius 3 is 2.55 bits per heavy atom. The summed E-state index contributed by atoms with van der Waals surface area (Å²) in [4.78, 5) is 0. The molecule has 0 saturated carbocycles. The van der Waals surface area contributed by atoms with Crippen molar-refractivity contribution in [3.8, 4) is 0 Å². The van der Waals surface area contributed by atoms with Crippen molar-refractivity contribution in [1.82, 2.24) is 0 Å². The number of hydrogen-bond acceptors (Lipinski definition) is 3. The van der Waals surface area contributed by atoms with Crippen molar-refractivity contribution in [3.05, 3.63) is 29.6 Å². The molecule has 114 valence electrons. The first-order valence-electron chi connectivity index (χ1n) is 6.12. The molecule has 0 spiro atoms. The van der Waals surface area contributed by atoms with Crippen LogP contribution in [0, 0.1) is 5.82 Å². The minimum absolute atomic E-state index is 0.180. The third-order valence-corrected chi connectivity index (χ3v) is 2.49. The lowest BCUT2D eigenvalue weighted by molar-refractivity contribution is -0.137. The Kier molecular flexibility index (Phi) is 6.74. The van der Waals surface area contributed by atoms with Gasteiger partial charge < -0.3 is 14.8 Å². The maximum absolute atomic E-state index is 13.3. The zero-order valence-electron chi connectivity index (χ0n) is 11.1. The predicted molar refractivity (Wildman–Crippen MR) is 67.2 cm³/mol. The molecule has 0 radical (unpaired) electrons. The molecule has 0 atom stereocenters. The van der Waals surface area contributed by atoms with Gasteiger partial charge in [-0.2, -0.15) is 13.2 Å². The van der Waals surface area contributed by atoms with Gasteiger partial charge in [-0.1, -0.05) is 0 Å². The first kappa shape index (κ1) is 16.7. The molecule has 0 unspecified atom stereocenters. The maximum Gasteiger partial charge on any atom is 0.416 e. The number of hydrogen-bond donors (Lipinski definition) is 1. The Balaban J connectivity index is 2.40. The number of ether oxygens (including phenoxy) is 2. The molecule has 0 aromatic heterocycles. The molecule has 0 aliphatic heterocycles. The molecule has 0 bridgehead atoms. The third kappa shape index (κ3) is 5.75. The average molecular weight is 295 g/mol. The van der Waals surface area contributed by atoms with E-state index in [4.69, 9.17) is 9.47 Å². The molecular formula is C13H17F4NO2. The van der Waals surface area contributed by atoms with Crippen LogP contribution in [-0.2, 0) is 15.7 Å². The summed E-state index contributed by atoms with van der Waals surface area (Å²) < 4.78 is 60.8. The lowest BCUT2D eigenvalue weighted by atomic mass is 10.2. The fraction of sp³-hybridized carbons (Fsp3) is 0.538. The summed E-state index contributed by atoms with van der Waals surface area (Å²) in [7, 11) is 1.58. The van der Waals surface area contributed by atoms with Crippen molar-refractivity contribution in [2.45, 2.75) is 12.6 Å². The van der Waals surface area contributed by atoms with Crippen LogP contribution < -0.4 is 5.32 Å². The van der Waals surface area contributed by atoms with Crippen LogP contribution in [0.4, 0.5) is 23.2 Å². The van der Waals surface area contributed by atoms with Gasteiger partial charge in [0.15, 0.2) is 0 Å². The van der Waals surface area contributed by atoms with E-state index in [-0.39, 0.29) is 18.8 Å². The van der Waals surface area contributed by atoms with Crippen molar-refractivity contribution < 1.29 is 27.0 Å². The molecule has 1 aromatic carbocycles. The zero-order chi connectivity index (χ0) is 15.0. The Bertz CT molecular complexity index is 410. The standard InChI is InChI=1S/C13H17F4NO2/c1-19-6-2-7-20-8-5-18-12-9-10(13(15,16)17)3-4-11(12)14/h3-4,9,18H,2,5-8H2,1H3. The molecule has 1 aromatic rings. The molecule has 3 nitrogen and oxygen atoms in total. The SMILES string of the molecule is COCCCOCCNc1cc(C(F)(F)F)ccc1F. The molecule has 0 aliphatic carbocycles. The quantitative estimate of drug-likeness (QED) is 0.589. The molecule has 0 saturated heterocycles. The Morgan fingerprint density at radius 2 is 1.90 bits per heavy atom. The van der Waals surface area contributed by atoms with Crippen LogP contribution in [0.3, 0.4) is 0 Å². The summed E-state index contributed by atoms with van der Waals surface area (Å²) >= 11 is 0. The number of rotatable bonds is 8.